The van der Waals surface area contributed by atoms with Gasteiger partial charge in [-0.3, -0.25) is 4.68 Å². The molecule has 0 radical (unpaired) electrons. The van der Waals surface area contributed by atoms with Crippen molar-refractivity contribution in [2.24, 2.45) is 7.05 Å². The predicted molar refractivity (Wildman–Crippen MR) is 87.1 cm³/mol. The van der Waals surface area contributed by atoms with E-state index in [1.807, 2.05) is 31.3 Å². The fourth-order valence-electron chi connectivity index (χ4n) is 2.89. The molecule has 3 heterocycles. The van der Waals surface area contributed by atoms with E-state index in [-0.39, 0.29) is 0 Å². The number of benzene rings is 1. The molecule has 112 valence electrons. The number of aromatic nitrogens is 4. The van der Waals surface area contributed by atoms with Gasteiger partial charge in [0.15, 0.2) is 0 Å². The predicted octanol–water partition coefficient (Wildman–Crippen LogP) is 3.00. The molecule has 0 amide bonds. The zero-order valence-corrected chi connectivity index (χ0v) is 12.7. The Kier molecular flexibility index (Phi) is 2.81. The number of nitrogens with zero attached hydrogens (tertiary/aromatic N) is 4. The van der Waals surface area contributed by atoms with Crippen LogP contribution in [0.15, 0.2) is 36.7 Å². The van der Waals surface area contributed by atoms with Gasteiger partial charge in [-0.2, -0.15) is 10.4 Å². The van der Waals surface area contributed by atoms with Crippen molar-refractivity contribution < 1.29 is 4.74 Å². The van der Waals surface area contributed by atoms with Crippen molar-refractivity contribution in [1.29, 1.82) is 5.26 Å². The lowest BCUT2D eigenvalue weighted by Crippen LogP contribution is -1.91. The van der Waals surface area contributed by atoms with E-state index in [9.17, 15) is 5.26 Å². The molecule has 0 saturated carbocycles. The second-order valence-corrected chi connectivity index (χ2v) is 5.26. The number of aryl methyl sites for hydroxylation is 1. The van der Waals surface area contributed by atoms with E-state index >= 15 is 0 Å². The zero-order chi connectivity index (χ0) is 16.0. The average molecular weight is 303 g/mol. The molecule has 0 aliphatic heterocycles. The SMILES string of the molecule is COc1ccc(-c2nn(C)c3c2cnc2[nH]cc(C#N)c23)cc1. The Hall–Kier alpha value is -3.33. The molecule has 1 aromatic carbocycles. The van der Waals surface area contributed by atoms with Gasteiger partial charge in [0, 0.05) is 30.4 Å². The Morgan fingerprint density at radius 1 is 1.26 bits per heavy atom. The second-order valence-electron chi connectivity index (χ2n) is 5.26. The standard InChI is InChI=1S/C17H13N5O/c1-22-16-13(9-20-17-14(16)11(7-18)8-19-17)15(21-22)10-3-5-12(23-2)6-4-10/h3-6,8-9H,1-2H3,(H,19,20). The van der Waals surface area contributed by atoms with Crippen LogP contribution in [-0.4, -0.2) is 26.9 Å². The maximum absolute atomic E-state index is 9.32. The third kappa shape index (κ3) is 1.87. The molecule has 1 N–H and O–H groups in total. The van der Waals surface area contributed by atoms with Gasteiger partial charge in [-0.05, 0) is 24.3 Å². The second kappa shape index (κ2) is 4.85. The minimum atomic E-state index is 0.572. The van der Waals surface area contributed by atoms with Gasteiger partial charge < -0.3 is 9.72 Å². The minimum absolute atomic E-state index is 0.572. The summed E-state index contributed by atoms with van der Waals surface area (Å²) in [5.74, 6) is 0.798. The van der Waals surface area contributed by atoms with Crippen LogP contribution in [0.4, 0.5) is 0 Å². The smallest absolute Gasteiger partial charge is 0.140 e. The molecule has 0 bridgehead atoms. The van der Waals surface area contributed by atoms with Gasteiger partial charge in [-0.15, -0.1) is 0 Å². The number of nitriles is 1. The number of nitrogens with one attached hydrogen (secondary N) is 1. The van der Waals surface area contributed by atoms with Crippen LogP contribution in [0.3, 0.4) is 0 Å². The van der Waals surface area contributed by atoms with Crippen molar-refractivity contribution in [3.8, 4) is 23.1 Å². The molecular formula is C17H13N5O. The number of hydrogen-bond donors (Lipinski definition) is 1. The molecule has 0 atom stereocenters. The molecule has 4 rings (SSSR count). The third-order valence-corrected chi connectivity index (χ3v) is 3.99. The molecule has 0 spiro atoms. The summed E-state index contributed by atoms with van der Waals surface area (Å²) in [5, 5.41) is 15.7. The van der Waals surface area contributed by atoms with Crippen molar-refractivity contribution >= 4 is 21.9 Å². The summed E-state index contributed by atoms with van der Waals surface area (Å²) in [6, 6.07) is 9.94. The summed E-state index contributed by atoms with van der Waals surface area (Å²) >= 11 is 0. The maximum atomic E-state index is 9.32. The van der Waals surface area contributed by atoms with Gasteiger partial charge in [0.25, 0.3) is 0 Å². The normalized spacial score (nSPS) is 11.0. The number of methoxy groups -OCH3 is 1. The van der Waals surface area contributed by atoms with Crippen LogP contribution in [-0.2, 0) is 7.05 Å². The van der Waals surface area contributed by atoms with Gasteiger partial charge in [-0.1, -0.05) is 0 Å². The van der Waals surface area contributed by atoms with E-state index in [1.165, 1.54) is 0 Å². The lowest BCUT2D eigenvalue weighted by molar-refractivity contribution is 0.415. The summed E-state index contributed by atoms with van der Waals surface area (Å²) in [6.45, 7) is 0. The number of pyridine rings is 1. The highest BCUT2D eigenvalue weighted by atomic mass is 16.5. The van der Waals surface area contributed by atoms with E-state index in [2.05, 4.69) is 21.1 Å². The van der Waals surface area contributed by atoms with Crippen molar-refractivity contribution in [2.75, 3.05) is 7.11 Å². The van der Waals surface area contributed by atoms with E-state index < -0.39 is 0 Å². The van der Waals surface area contributed by atoms with E-state index in [4.69, 9.17) is 4.74 Å². The number of aromatic amines is 1. The Morgan fingerprint density at radius 2 is 2.04 bits per heavy atom. The summed E-state index contributed by atoms with van der Waals surface area (Å²) in [7, 11) is 3.52. The maximum Gasteiger partial charge on any atom is 0.140 e. The van der Waals surface area contributed by atoms with Crippen LogP contribution >= 0.6 is 0 Å². The molecule has 3 aromatic heterocycles. The van der Waals surface area contributed by atoms with Crippen LogP contribution < -0.4 is 4.74 Å². The van der Waals surface area contributed by atoms with Gasteiger partial charge in [0.05, 0.1) is 23.6 Å². The number of rotatable bonds is 2. The largest absolute Gasteiger partial charge is 0.497 e. The molecule has 0 aliphatic carbocycles. The Balaban J connectivity index is 2.04. The fraction of sp³-hybridized carbons (Fsp3) is 0.118. The van der Waals surface area contributed by atoms with Crippen LogP contribution in [0.1, 0.15) is 5.56 Å². The monoisotopic (exact) mass is 303 g/mol. The number of hydrogen-bond acceptors (Lipinski definition) is 4. The average Bonchev–Trinajstić information content (AvgIpc) is 3.15. The van der Waals surface area contributed by atoms with Gasteiger partial charge in [-0.25, -0.2) is 4.98 Å². The van der Waals surface area contributed by atoms with E-state index in [0.29, 0.717) is 11.2 Å². The first-order valence-electron chi connectivity index (χ1n) is 7.10. The van der Waals surface area contributed by atoms with Gasteiger partial charge in [0.2, 0.25) is 0 Å². The van der Waals surface area contributed by atoms with Crippen molar-refractivity contribution in [3.05, 3.63) is 42.2 Å². The number of ether oxygens (including phenoxy) is 1. The van der Waals surface area contributed by atoms with Crippen molar-refractivity contribution in [1.82, 2.24) is 19.7 Å². The first-order chi connectivity index (χ1) is 11.2. The minimum Gasteiger partial charge on any atom is -0.497 e. The van der Waals surface area contributed by atoms with Crippen molar-refractivity contribution in [2.45, 2.75) is 0 Å². The Bertz CT molecular complexity index is 1070. The molecule has 0 saturated heterocycles. The topological polar surface area (TPSA) is 79.5 Å². The third-order valence-electron chi connectivity index (χ3n) is 3.99. The van der Waals surface area contributed by atoms with Crippen LogP contribution in [0.5, 0.6) is 5.75 Å². The quantitative estimate of drug-likeness (QED) is 0.617. The highest BCUT2D eigenvalue weighted by Gasteiger charge is 2.17. The highest BCUT2D eigenvalue weighted by Crippen LogP contribution is 2.33. The fourth-order valence-corrected chi connectivity index (χ4v) is 2.89. The Morgan fingerprint density at radius 3 is 2.74 bits per heavy atom. The molecule has 0 fully saturated rings. The summed E-state index contributed by atoms with van der Waals surface area (Å²) in [6.07, 6.45) is 3.47. The Labute approximate surface area is 131 Å². The van der Waals surface area contributed by atoms with Crippen LogP contribution in [0.2, 0.25) is 0 Å². The molecular weight excluding hydrogens is 290 g/mol. The molecule has 0 unspecified atom stereocenters. The first kappa shape index (κ1) is 13.3. The lowest BCUT2D eigenvalue weighted by atomic mass is 10.1. The summed E-state index contributed by atoms with van der Waals surface area (Å²) in [5.41, 5.74) is 3.98. The van der Waals surface area contributed by atoms with Crippen LogP contribution in [0, 0.1) is 11.3 Å². The van der Waals surface area contributed by atoms with Crippen molar-refractivity contribution in [3.63, 3.8) is 0 Å². The van der Waals surface area contributed by atoms with Gasteiger partial charge in [0.1, 0.15) is 23.2 Å². The lowest BCUT2D eigenvalue weighted by Gasteiger charge is -2.01. The molecule has 6 nitrogen and oxygen atoms in total. The van der Waals surface area contributed by atoms with Crippen LogP contribution in [0.25, 0.3) is 33.2 Å². The summed E-state index contributed by atoms with van der Waals surface area (Å²) in [4.78, 5) is 7.46. The highest BCUT2D eigenvalue weighted by molar-refractivity contribution is 6.09. The zero-order valence-electron chi connectivity index (χ0n) is 12.7. The molecule has 4 aromatic rings. The molecule has 0 aliphatic rings. The van der Waals surface area contributed by atoms with E-state index in [1.54, 1.807) is 24.2 Å². The number of fused-ring (bicyclic) bond motifs is 3. The first-order valence-corrected chi connectivity index (χ1v) is 7.10. The van der Waals surface area contributed by atoms with Gasteiger partial charge >= 0.3 is 0 Å². The molecule has 23 heavy (non-hydrogen) atoms. The van der Waals surface area contributed by atoms with E-state index in [0.717, 1.165) is 33.3 Å². The number of H-pyrrole nitrogens is 1. The molecule has 6 heteroatoms. The summed E-state index contributed by atoms with van der Waals surface area (Å²) < 4.78 is 7.00.